The number of carboxylic acid groups (broad SMARTS) is 1. The summed E-state index contributed by atoms with van der Waals surface area (Å²) in [6, 6.07) is 15.5. The van der Waals surface area contributed by atoms with E-state index in [-0.39, 0.29) is 6.04 Å². The molecule has 0 fully saturated rings. The molecule has 0 amide bonds. The summed E-state index contributed by atoms with van der Waals surface area (Å²) in [5.41, 5.74) is 2.87. The van der Waals surface area contributed by atoms with E-state index in [0.717, 1.165) is 41.2 Å². The quantitative estimate of drug-likeness (QED) is 0.558. The van der Waals surface area contributed by atoms with E-state index >= 15 is 0 Å². The molecule has 5 nitrogen and oxygen atoms in total. The van der Waals surface area contributed by atoms with Crippen molar-refractivity contribution < 1.29 is 9.90 Å². The van der Waals surface area contributed by atoms with Crippen LogP contribution < -0.4 is 0 Å². The third-order valence-electron chi connectivity index (χ3n) is 5.11. The summed E-state index contributed by atoms with van der Waals surface area (Å²) in [5.74, 6) is 1.31. The summed E-state index contributed by atoms with van der Waals surface area (Å²) < 4.78 is 2.00. The van der Waals surface area contributed by atoms with E-state index in [1.807, 2.05) is 47.1 Å². The van der Waals surface area contributed by atoms with Crippen LogP contribution in [-0.4, -0.2) is 25.8 Å². The van der Waals surface area contributed by atoms with E-state index in [1.165, 1.54) is 0 Å². The number of aromatic nitrogens is 3. The maximum Gasteiger partial charge on any atom is 0.336 e. The van der Waals surface area contributed by atoms with Gasteiger partial charge in [0.2, 0.25) is 0 Å². The van der Waals surface area contributed by atoms with E-state index in [9.17, 15) is 9.90 Å². The van der Waals surface area contributed by atoms with Crippen molar-refractivity contribution in [3.8, 4) is 11.1 Å². The molecule has 5 heteroatoms. The van der Waals surface area contributed by atoms with Crippen molar-refractivity contribution in [1.82, 2.24) is 14.8 Å². The van der Waals surface area contributed by atoms with Crippen molar-refractivity contribution in [3.05, 3.63) is 71.3 Å². The minimum Gasteiger partial charge on any atom is -0.478 e. The Bertz CT molecular complexity index is 977. The molecule has 0 aliphatic rings. The van der Waals surface area contributed by atoms with Crippen LogP contribution in [0.15, 0.2) is 48.5 Å². The highest BCUT2D eigenvalue weighted by atomic mass is 16.4. The molecule has 0 saturated carbocycles. The number of aromatic carboxylic acids is 1. The van der Waals surface area contributed by atoms with Gasteiger partial charge in [-0.15, -0.1) is 0 Å². The molecule has 0 spiro atoms. The molecule has 29 heavy (non-hydrogen) atoms. The van der Waals surface area contributed by atoms with Crippen LogP contribution in [0.2, 0.25) is 0 Å². The molecule has 0 radical (unpaired) electrons. The largest absolute Gasteiger partial charge is 0.478 e. The molecule has 3 aromatic rings. The van der Waals surface area contributed by atoms with Gasteiger partial charge >= 0.3 is 5.97 Å². The first-order valence-electron chi connectivity index (χ1n) is 10.2. The predicted octanol–water partition coefficient (Wildman–Crippen LogP) is 5.40. The van der Waals surface area contributed by atoms with Gasteiger partial charge in [-0.1, -0.05) is 63.2 Å². The van der Waals surface area contributed by atoms with Gasteiger partial charge in [-0.25, -0.2) is 14.5 Å². The second-order valence-electron chi connectivity index (χ2n) is 7.97. The second kappa shape index (κ2) is 9.03. The molecule has 0 aliphatic heterocycles. The van der Waals surface area contributed by atoms with Crippen molar-refractivity contribution in [3.63, 3.8) is 0 Å². The van der Waals surface area contributed by atoms with Crippen molar-refractivity contribution in [1.29, 1.82) is 0 Å². The fraction of sp³-hybridized carbons (Fsp3) is 0.375. The highest BCUT2D eigenvalue weighted by Crippen LogP contribution is 2.26. The second-order valence-corrected chi connectivity index (χ2v) is 7.97. The molecule has 152 valence electrons. The van der Waals surface area contributed by atoms with Gasteiger partial charge in [0.15, 0.2) is 5.82 Å². The Morgan fingerprint density at radius 1 is 1.10 bits per heavy atom. The Hall–Kier alpha value is -2.95. The van der Waals surface area contributed by atoms with Gasteiger partial charge in [-0.2, -0.15) is 5.10 Å². The fourth-order valence-corrected chi connectivity index (χ4v) is 3.43. The number of carbonyl (C=O) groups is 1. The summed E-state index contributed by atoms with van der Waals surface area (Å²) in [5, 5.41) is 14.5. The van der Waals surface area contributed by atoms with Crippen LogP contribution >= 0.6 is 0 Å². The number of hydrogen-bond acceptors (Lipinski definition) is 3. The molecular formula is C24H29N3O2. The van der Waals surface area contributed by atoms with Gasteiger partial charge in [0.25, 0.3) is 0 Å². The molecule has 1 atom stereocenters. The van der Waals surface area contributed by atoms with Crippen LogP contribution in [0, 0.1) is 5.92 Å². The molecular weight excluding hydrogens is 362 g/mol. The first-order valence-corrected chi connectivity index (χ1v) is 10.2. The van der Waals surface area contributed by atoms with Gasteiger partial charge in [-0.05, 0) is 42.0 Å². The molecule has 2 aromatic carbocycles. The van der Waals surface area contributed by atoms with Crippen molar-refractivity contribution in [2.75, 3.05) is 0 Å². The van der Waals surface area contributed by atoms with Crippen LogP contribution in [0.4, 0.5) is 0 Å². The minimum absolute atomic E-state index is 0.251. The smallest absolute Gasteiger partial charge is 0.336 e. The molecule has 3 rings (SSSR count). The Morgan fingerprint density at radius 3 is 2.45 bits per heavy atom. The number of nitrogens with zero attached hydrogens (tertiary/aromatic N) is 3. The molecule has 1 heterocycles. The highest BCUT2D eigenvalue weighted by Gasteiger charge is 2.18. The van der Waals surface area contributed by atoms with Crippen LogP contribution in [-0.2, 0) is 12.8 Å². The third kappa shape index (κ3) is 4.91. The van der Waals surface area contributed by atoms with Gasteiger partial charge < -0.3 is 5.11 Å². The molecule has 0 aliphatic carbocycles. The lowest BCUT2D eigenvalue weighted by atomic mass is 9.96. The van der Waals surface area contributed by atoms with Crippen LogP contribution in [0.3, 0.4) is 0 Å². The number of benzene rings is 2. The van der Waals surface area contributed by atoms with E-state index in [4.69, 9.17) is 10.1 Å². The van der Waals surface area contributed by atoms with Crippen LogP contribution in [0.25, 0.3) is 11.1 Å². The van der Waals surface area contributed by atoms with Crippen molar-refractivity contribution >= 4 is 5.97 Å². The predicted molar refractivity (Wildman–Crippen MR) is 115 cm³/mol. The van der Waals surface area contributed by atoms with E-state index in [2.05, 4.69) is 27.7 Å². The zero-order valence-corrected chi connectivity index (χ0v) is 17.6. The Balaban J connectivity index is 1.97. The molecule has 1 aromatic heterocycles. The lowest BCUT2D eigenvalue weighted by molar-refractivity contribution is 0.0697. The Kier molecular flexibility index (Phi) is 6.47. The van der Waals surface area contributed by atoms with Gasteiger partial charge in [-0.3, -0.25) is 0 Å². The minimum atomic E-state index is -0.922. The summed E-state index contributed by atoms with van der Waals surface area (Å²) in [6.45, 7) is 8.59. The molecule has 1 N–H and O–H groups in total. The molecule has 0 bridgehead atoms. The number of hydrogen-bond donors (Lipinski definition) is 1. The Labute approximate surface area is 172 Å². The number of carboxylic acids is 1. The van der Waals surface area contributed by atoms with Gasteiger partial charge in [0.1, 0.15) is 5.82 Å². The van der Waals surface area contributed by atoms with E-state index < -0.39 is 5.97 Å². The zero-order chi connectivity index (χ0) is 21.0. The van der Waals surface area contributed by atoms with E-state index in [1.54, 1.807) is 6.07 Å². The van der Waals surface area contributed by atoms with E-state index in [0.29, 0.717) is 17.9 Å². The molecule has 0 saturated heterocycles. The van der Waals surface area contributed by atoms with Crippen LogP contribution in [0.5, 0.6) is 0 Å². The average molecular weight is 392 g/mol. The molecule has 1 unspecified atom stereocenters. The monoisotopic (exact) mass is 391 g/mol. The number of rotatable bonds is 8. The van der Waals surface area contributed by atoms with Crippen LogP contribution in [0.1, 0.15) is 67.7 Å². The first kappa shape index (κ1) is 20.8. The SMILES string of the molecule is CCC(C)n1nc(CC(C)C)nc1Cc1ccc(-c2ccccc2)c(C(=O)O)c1. The topological polar surface area (TPSA) is 68.0 Å². The summed E-state index contributed by atoms with van der Waals surface area (Å²) in [7, 11) is 0. The zero-order valence-electron chi connectivity index (χ0n) is 17.6. The lowest BCUT2D eigenvalue weighted by Crippen LogP contribution is -2.11. The standard InChI is InChI=1S/C24H29N3O2/c1-5-17(4)27-23(25-22(26-27)13-16(2)3)15-18-11-12-20(21(14-18)24(28)29)19-9-7-6-8-10-19/h6-12,14,16-17H,5,13,15H2,1-4H3,(H,28,29). The normalized spacial score (nSPS) is 12.3. The third-order valence-corrected chi connectivity index (χ3v) is 5.11. The lowest BCUT2D eigenvalue weighted by Gasteiger charge is -2.13. The summed E-state index contributed by atoms with van der Waals surface area (Å²) in [6.07, 6.45) is 2.36. The maximum atomic E-state index is 11.9. The maximum absolute atomic E-state index is 11.9. The summed E-state index contributed by atoms with van der Waals surface area (Å²) in [4.78, 5) is 16.7. The fourth-order valence-electron chi connectivity index (χ4n) is 3.43. The highest BCUT2D eigenvalue weighted by molar-refractivity contribution is 5.96. The van der Waals surface area contributed by atoms with Crippen molar-refractivity contribution in [2.45, 2.75) is 53.0 Å². The average Bonchev–Trinajstić information content (AvgIpc) is 3.09. The summed E-state index contributed by atoms with van der Waals surface area (Å²) >= 11 is 0. The first-order chi connectivity index (χ1) is 13.9. The van der Waals surface area contributed by atoms with Crippen molar-refractivity contribution in [2.24, 2.45) is 5.92 Å². The van der Waals surface area contributed by atoms with Gasteiger partial charge in [0, 0.05) is 12.8 Å². The van der Waals surface area contributed by atoms with Gasteiger partial charge in [0.05, 0.1) is 11.6 Å². The Morgan fingerprint density at radius 2 is 1.83 bits per heavy atom.